The van der Waals surface area contributed by atoms with Crippen molar-refractivity contribution in [3.05, 3.63) is 34.4 Å². The fourth-order valence-electron chi connectivity index (χ4n) is 1.42. The maximum Gasteiger partial charge on any atom is 0.282 e. The standard InChI is InChI=1S/C10H9N3O4/c1-16-6-2-3-7(9(4-6)13(14)15)8-5-10(11)17-12-8/h2-5H,11H2,1H3. The third kappa shape index (κ3) is 2.03. The first-order valence-corrected chi connectivity index (χ1v) is 4.67. The number of anilines is 1. The summed E-state index contributed by atoms with van der Waals surface area (Å²) in [6.07, 6.45) is 0. The largest absolute Gasteiger partial charge is 0.497 e. The lowest BCUT2D eigenvalue weighted by atomic mass is 10.1. The Morgan fingerprint density at radius 2 is 2.24 bits per heavy atom. The van der Waals surface area contributed by atoms with Crippen LogP contribution in [0.4, 0.5) is 11.6 Å². The number of rotatable bonds is 3. The lowest BCUT2D eigenvalue weighted by molar-refractivity contribution is -0.384. The third-order valence-electron chi connectivity index (χ3n) is 2.21. The van der Waals surface area contributed by atoms with E-state index in [4.69, 9.17) is 10.5 Å². The number of hydrogen-bond acceptors (Lipinski definition) is 6. The molecule has 0 bridgehead atoms. The molecule has 2 aromatic rings. The van der Waals surface area contributed by atoms with E-state index in [1.54, 1.807) is 6.07 Å². The maximum atomic E-state index is 10.9. The maximum absolute atomic E-state index is 10.9. The van der Waals surface area contributed by atoms with Gasteiger partial charge in [-0.15, -0.1) is 0 Å². The molecule has 0 spiro atoms. The Balaban J connectivity index is 2.57. The molecule has 0 aliphatic rings. The van der Waals surface area contributed by atoms with Gasteiger partial charge in [-0.2, -0.15) is 0 Å². The van der Waals surface area contributed by atoms with E-state index in [1.165, 1.54) is 25.3 Å². The minimum absolute atomic E-state index is 0.102. The number of aromatic nitrogens is 1. The number of hydrogen-bond donors (Lipinski definition) is 1. The highest BCUT2D eigenvalue weighted by Crippen LogP contribution is 2.32. The van der Waals surface area contributed by atoms with Crippen molar-refractivity contribution in [1.29, 1.82) is 0 Å². The lowest BCUT2D eigenvalue weighted by Gasteiger charge is -2.02. The molecule has 0 atom stereocenters. The zero-order chi connectivity index (χ0) is 12.4. The quantitative estimate of drug-likeness (QED) is 0.642. The van der Waals surface area contributed by atoms with Crippen LogP contribution in [0.5, 0.6) is 5.75 Å². The predicted molar refractivity (Wildman–Crippen MR) is 59.6 cm³/mol. The molecule has 1 aromatic carbocycles. The van der Waals surface area contributed by atoms with Crippen LogP contribution in [-0.2, 0) is 0 Å². The SMILES string of the molecule is COc1ccc(-c2cc(N)on2)c([N+](=O)[O-])c1. The summed E-state index contributed by atoms with van der Waals surface area (Å²) in [6, 6.07) is 5.89. The van der Waals surface area contributed by atoms with Gasteiger partial charge in [0.25, 0.3) is 5.69 Å². The smallest absolute Gasteiger partial charge is 0.282 e. The van der Waals surface area contributed by atoms with E-state index in [9.17, 15) is 10.1 Å². The molecule has 0 fully saturated rings. The summed E-state index contributed by atoms with van der Waals surface area (Å²) >= 11 is 0. The van der Waals surface area contributed by atoms with Gasteiger partial charge >= 0.3 is 0 Å². The molecule has 2 rings (SSSR count). The Bertz CT molecular complexity index is 564. The van der Waals surface area contributed by atoms with Gasteiger partial charge in [0, 0.05) is 6.07 Å². The molecule has 0 saturated carbocycles. The number of methoxy groups -OCH3 is 1. The van der Waals surface area contributed by atoms with Crippen molar-refractivity contribution in [1.82, 2.24) is 5.16 Å². The first-order chi connectivity index (χ1) is 8.11. The lowest BCUT2D eigenvalue weighted by Crippen LogP contribution is -1.93. The molecule has 2 N–H and O–H groups in total. The molecular weight excluding hydrogens is 226 g/mol. The molecule has 7 nitrogen and oxygen atoms in total. The molecule has 88 valence electrons. The van der Waals surface area contributed by atoms with Crippen LogP contribution in [0.1, 0.15) is 0 Å². The summed E-state index contributed by atoms with van der Waals surface area (Å²) in [6.45, 7) is 0. The van der Waals surface area contributed by atoms with Crippen molar-refractivity contribution < 1.29 is 14.2 Å². The summed E-state index contributed by atoms with van der Waals surface area (Å²) in [7, 11) is 1.44. The molecule has 0 amide bonds. The van der Waals surface area contributed by atoms with Crippen LogP contribution >= 0.6 is 0 Å². The third-order valence-corrected chi connectivity index (χ3v) is 2.21. The molecule has 0 aliphatic carbocycles. The molecule has 0 aliphatic heterocycles. The van der Waals surface area contributed by atoms with Gasteiger partial charge < -0.3 is 15.0 Å². The van der Waals surface area contributed by atoms with Gasteiger partial charge in [-0.05, 0) is 12.1 Å². The van der Waals surface area contributed by atoms with Crippen LogP contribution in [0.15, 0.2) is 28.8 Å². The Labute approximate surface area is 95.9 Å². The minimum Gasteiger partial charge on any atom is -0.497 e. The van der Waals surface area contributed by atoms with Crippen LogP contribution in [-0.4, -0.2) is 17.2 Å². The molecular formula is C10H9N3O4. The van der Waals surface area contributed by atoms with Gasteiger partial charge in [0.2, 0.25) is 5.88 Å². The average molecular weight is 235 g/mol. The molecule has 17 heavy (non-hydrogen) atoms. The Kier molecular flexibility index (Phi) is 2.65. The van der Waals surface area contributed by atoms with Crippen LogP contribution in [0.25, 0.3) is 11.3 Å². The summed E-state index contributed by atoms with van der Waals surface area (Å²) in [5.41, 5.74) is 5.91. The van der Waals surface area contributed by atoms with Gasteiger partial charge in [0.1, 0.15) is 11.4 Å². The van der Waals surface area contributed by atoms with Crippen molar-refractivity contribution in [2.75, 3.05) is 12.8 Å². The minimum atomic E-state index is -0.511. The van der Waals surface area contributed by atoms with Crippen LogP contribution in [0.3, 0.4) is 0 Å². The molecule has 0 saturated heterocycles. The fraction of sp³-hybridized carbons (Fsp3) is 0.100. The van der Waals surface area contributed by atoms with E-state index >= 15 is 0 Å². The van der Waals surface area contributed by atoms with E-state index < -0.39 is 4.92 Å². The monoisotopic (exact) mass is 235 g/mol. The second kappa shape index (κ2) is 4.12. The molecule has 1 aromatic heterocycles. The molecule has 1 heterocycles. The highest BCUT2D eigenvalue weighted by atomic mass is 16.6. The zero-order valence-corrected chi connectivity index (χ0v) is 8.91. The average Bonchev–Trinajstić information content (AvgIpc) is 2.75. The van der Waals surface area contributed by atoms with Crippen molar-refractivity contribution in [2.45, 2.75) is 0 Å². The fourth-order valence-corrected chi connectivity index (χ4v) is 1.42. The number of benzene rings is 1. The summed E-state index contributed by atoms with van der Waals surface area (Å²) < 4.78 is 9.61. The number of nitrogens with two attached hydrogens (primary N) is 1. The van der Waals surface area contributed by atoms with E-state index in [-0.39, 0.29) is 11.6 Å². The van der Waals surface area contributed by atoms with Crippen LogP contribution in [0, 0.1) is 10.1 Å². The highest BCUT2D eigenvalue weighted by Gasteiger charge is 2.19. The molecule has 0 radical (unpaired) electrons. The normalized spacial score (nSPS) is 10.2. The summed E-state index contributed by atoms with van der Waals surface area (Å²) in [4.78, 5) is 10.4. The van der Waals surface area contributed by atoms with E-state index in [2.05, 4.69) is 9.68 Å². The second-order valence-corrected chi connectivity index (χ2v) is 3.25. The number of nitro benzene ring substituents is 1. The Morgan fingerprint density at radius 1 is 1.47 bits per heavy atom. The first kappa shape index (κ1) is 10.9. The van der Waals surface area contributed by atoms with Crippen LogP contribution < -0.4 is 10.5 Å². The summed E-state index contributed by atoms with van der Waals surface area (Å²) in [5.74, 6) is 0.502. The number of nitrogen functional groups attached to an aromatic ring is 1. The predicted octanol–water partition coefficient (Wildman–Crippen LogP) is 1.84. The zero-order valence-electron chi connectivity index (χ0n) is 8.91. The molecule has 0 unspecified atom stereocenters. The Morgan fingerprint density at radius 3 is 2.76 bits per heavy atom. The van der Waals surface area contributed by atoms with E-state index in [0.717, 1.165) is 0 Å². The van der Waals surface area contributed by atoms with Crippen molar-refractivity contribution in [2.24, 2.45) is 0 Å². The second-order valence-electron chi connectivity index (χ2n) is 3.25. The van der Waals surface area contributed by atoms with Gasteiger partial charge in [0.05, 0.1) is 23.7 Å². The Hall–Kier alpha value is -2.57. The highest BCUT2D eigenvalue weighted by molar-refractivity contribution is 5.72. The van der Waals surface area contributed by atoms with Gasteiger partial charge in [0.15, 0.2) is 0 Å². The summed E-state index contributed by atoms with van der Waals surface area (Å²) in [5, 5.41) is 14.6. The van der Waals surface area contributed by atoms with E-state index in [1.807, 2.05) is 0 Å². The van der Waals surface area contributed by atoms with Crippen molar-refractivity contribution >= 4 is 11.6 Å². The number of nitrogens with zero attached hydrogens (tertiary/aromatic N) is 2. The van der Waals surface area contributed by atoms with Crippen molar-refractivity contribution in [3.8, 4) is 17.0 Å². The van der Waals surface area contributed by atoms with Gasteiger partial charge in [-0.3, -0.25) is 10.1 Å². The first-order valence-electron chi connectivity index (χ1n) is 4.67. The van der Waals surface area contributed by atoms with E-state index in [0.29, 0.717) is 17.0 Å². The van der Waals surface area contributed by atoms with Gasteiger partial charge in [-0.25, -0.2) is 0 Å². The molecule has 7 heteroatoms. The number of ether oxygens (including phenoxy) is 1. The van der Waals surface area contributed by atoms with Crippen molar-refractivity contribution in [3.63, 3.8) is 0 Å². The number of nitro groups is 1. The van der Waals surface area contributed by atoms with Crippen LogP contribution in [0.2, 0.25) is 0 Å². The van der Waals surface area contributed by atoms with Gasteiger partial charge in [-0.1, -0.05) is 5.16 Å². The topological polar surface area (TPSA) is 104 Å².